The molecule has 0 saturated heterocycles. The first-order valence-corrected chi connectivity index (χ1v) is 13.5. The summed E-state index contributed by atoms with van der Waals surface area (Å²) < 4.78 is 2.85. The first-order valence-electron chi connectivity index (χ1n) is 12.5. The molecule has 38 heavy (non-hydrogen) atoms. The molecule has 1 saturated carbocycles. The first-order chi connectivity index (χ1) is 18.2. The Kier molecular flexibility index (Phi) is 8.57. The number of carbonyl (C=O) groups excluding carboxylic acids is 2. The zero-order chi connectivity index (χ0) is 27.4. The van der Waals surface area contributed by atoms with Gasteiger partial charge < -0.3 is 21.5 Å². The highest BCUT2D eigenvalue weighted by Gasteiger charge is 2.33. The molecule has 1 aliphatic heterocycles. The van der Waals surface area contributed by atoms with Crippen LogP contribution in [0.3, 0.4) is 0 Å². The first kappa shape index (κ1) is 27.5. The van der Waals surface area contributed by atoms with Crippen LogP contribution in [0, 0.1) is 5.92 Å². The van der Waals surface area contributed by atoms with Crippen molar-refractivity contribution in [3.05, 3.63) is 57.4 Å². The molecular weight excluding hydrogens is 512 g/mol. The van der Waals surface area contributed by atoms with Crippen LogP contribution in [0.4, 0.5) is 5.69 Å². The van der Waals surface area contributed by atoms with Gasteiger partial charge in [0.2, 0.25) is 11.8 Å². The number of amides is 2. The highest BCUT2D eigenvalue weighted by atomic mass is 32.2. The van der Waals surface area contributed by atoms with Crippen molar-refractivity contribution in [2.45, 2.75) is 62.2 Å². The summed E-state index contributed by atoms with van der Waals surface area (Å²) in [4.78, 5) is 63.6. The highest BCUT2D eigenvalue weighted by molar-refractivity contribution is 7.99. The number of allylic oxidation sites excluding steroid dienone is 1. The second-order valence-electron chi connectivity index (χ2n) is 9.63. The van der Waals surface area contributed by atoms with Crippen LogP contribution in [0.25, 0.3) is 0 Å². The van der Waals surface area contributed by atoms with E-state index >= 15 is 0 Å². The van der Waals surface area contributed by atoms with E-state index in [-0.39, 0.29) is 24.2 Å². The van der Waals surface area contributed by atoms with Gasteiger partial charge >= 0.3 is 17.3 Å². The van der Waals surface area contributed by atoms with Gasteiger partial charge in [-0.25, -0.2) is 28.3 Å². The maximum Gasteiger partial charge on any atom is 0.349 e. The molecule has 1 aliphatic carbocycles. The van der Waals surface area contributed by atoms with E-state index in [1.54, 1.807) is 36.4 Å². The fraction of sp³-hybridized carbons (Fsp3) is 0.480. The number of carboxylic acids is 1. The number of rotatable bonds is 9. The molecule has 2 heterocycles. The lowest BCUT2D eigenvalue weighted by molar-refractivity contribution is -0.140. The van der Waals surface area contributed by atoms with Crippen LogP contribution in [0.1, 0.15) is 44.7 Å². The highest BCUT2D eigenvalue weighted by Crippen LogP contribution is 2.25. The largest absolute Gasteiger partial charge is 0.480 e. The molecular formula is C25H32N6O6S. The molecule has 204 valence electrons. The molecule has 2 aromatic rings. The Balaban J connectivity index is 1.51. The monoisotopic (exact) mass is 544 g/mol. The van der Waals surface area contributed by atoms with Crippen molar-refractivity contribution in [2.24, 2.45) is 11.7 Å². The molecule has 1 aromatic heterocycles. The summed E-state index contributed by atoms with van der Waals surface area (Å²) in [6, 6.07) is 4.45. The van der Waals surface area contributed by atoms with E-state index in [1.165, 1.54) is 6.92 Å². The van der Waals surface area contributed by atoms with Gasteiger partial charge in [-0.05, 0) is 55.9 Å². The lowest BCUT2D eigenvalue weighted by Gasteiger charge is -2.27. The molecule has 2 aliphatic rings. The summed E-state index contributed by atoms with van der Waals surface area (Å²) in [7, 11) is 0. The van der Waals surface area contributed by atoms with Crippen molar-refractivity contribution in [1.29, 1.82) is 0 Å². The number of nitrogens with two attached hydrogens (primary N) is 1. The number of hydrogen-bond acceptors (Lipinski definition) is 7. The van der Waals surface area contributed by atoms with Crippen molar-refractivity contribution in [3.63, 3.8) is 0 Å². The van der Waals surface area contributed by atoms with E-state index in [2.05, 4.69) is 10.6 Å². The molecule has 2 amide bonds. The number of nitrogens with zero attached hydrogens (tertiary/aromatic N) is 3. The van der Waals surface area contributed by atoms with Gasteiger partial charge in [0.05, 0.1) is 6.54 Å². The summed E-state index contributed by atoms with van der Waals surface area (Å²) >= 11 is 1.16. The van der Waals surface area contributed by atoms with Crippen molar-refractivity contribution in [3.8, 4) is 0 Å². The predicted octanol–water partition coefficient (Wildman–Crippen LogP) is 0.933. The van der Waals surface area contributed by atoms with E-state index in [0.717, 1.165) is 46.8 Å². The van der Waals surface area contributed by atoms with Crippen LogP contribution in [0.2, 0.25) is 0 Å². The summed E-state index contributed by atoms with van der Waals surface area (Å²) in [5.41, 5.74) is 4.91. The summed E-state index contributed by atoms with van der Waals surface area (Å²) in [6.45, 7) is 1.89. The maximum atomic E-state index is 13.4. The number of fused-ring (bicyclic) bond motifs is 1. The van der Waals surface area contributed by atoms with Crippen LogP contribution in [-0.2, 0) is 20.9 Å². The lowest BCUT2D eigenvalue weighted by atomic mass is 9.86. The Morgan fingerprint density at radius 3 is 2.42 bits per heavy atom. The van der Waals surface area contributed by atoms with Gasteiger partial charge in [0, 0.05) is 35.8 Å². The normalized spacial score (nSPS) is 21.4. The molecule has 0 bridgehead atoms. The minimum absolute atomic E-state index is 0.0511. The van der Waals surface area contributed by atoms with E-state index < -0.39 is 35.3 Å². The van der Waals surface area contributed by atoms with Crippen molar-refractivity contribution in [1.82, 2.24) is 19.2 Å². The van der Waals surface area contributed by atoms with E-state index in [0.29, 0.717) is 27.6 Å². The van der Waals surface area contributed by atoms with Crippen LogP contribution in [0.5, 0.6) is 0 Å². The Morgan fingerprint density at radius 2 is 1.79 bits per heavy atom. The summed E-state index contributed by atoms with van der Waals surface area (Å²) in [6.07, 6.45) is 6.81. The van der Waals surface area contributed by atoms with E-state index in [9.17, 15) is 29.1 Å². The van der Waals surface area contributed by atoms with E-state index in [4.69, 9.17) is 5.73 Å². The van der Waals surface area contributed by atoms with Gasteiger partial charge in [-0.1, -0.05) is 12.2 Å². The van der Waals surface area contributed by atoms with Gasteiger partial charge in [0.15, 0.2) is 6.04 Å². The van der Waals surface area contributed by atoms with Crippen LogP contribution < -0.4 is 27.7 Å². The second-order valence-corrected chi connectivity index (χ2v) is 10.7. The minimum Gasteiger partial charge on any atom is -0.480 e. The second kappa shape index (κ2) is 11.9. The number of thioether (sulfide) groups is 1. The third-order valence-corrected chi connectivity index (χ3v) is 7.94. The quantitative estimate of drug-likeness (QED) is 0.267. The standard InChI is InChI=1S/C25H32N6O6S/c1-15(32)28-18-8-10-19(11-9-18)38-14-21(23(34)35)30-24(36)29-12-2-3-20(31(29)25(30)37)22(33)27-13-16-4-6-17(26)7-5-16/h2-3,8-11,16-17,20-21H,4-7,12-14,26H2,1H3,(H,27,33)(H,28,32)(H,34,35). The molecule has 4 rings (SSSR count). The van der Waals surface area contributed by atoms with Crippen LogP contribution >= 0.6 is 11.8 Å². The molecule has 0 spiro atoms. The van der Waals surface area contributed by atoms with Crippen molar-refractivity contribution >= 4 is 35.2 Å². The fourth-order valence-corrected chi connectivity index (χ4v) is 5.76. The number of aromatic nitrogens is 3. The zero-order valence-corrected chi connectivity index (χ0v) is 21.9. The zero-order valence-electron chi connectivity index (χ0n) is 21.0. The van der Waals surface area contributed by atoms with E-state index in [1.807, 2.05) is 0 Å². The number of aliphatic carboxylic acids is 1. The summed E-state index contributed by atoms with van der Waals surface area (Å²) in [5, 5.41) is 15.4. The average molecular weight is 545 g/mol. The molecule has 5 N–H and O–H groups in total. The van der Waals surface area contributed by atoms with Gasteiger partial charge in [-0.3, -0.25) is 9.59 Å². The molecule has 1 fully saturated rings. The number of carbonyl (C=O) groups is 3. The minimum atomic E-state index is -1.45. The van der Waals surface area contributed by atoms with Gasteiger partial charge in [-0.15, -0.1) is 11.8 Å². The molecule has 2 unspecified atom stereocenters. The number of hydrogen-bond donors (Lipinski definition) is 4. The number of benzene rings is 1. The third-order valence-electron chi connectivity index (χ3n) is 6.85. The fourth-order valence-electron chi connectivity index (χ4n) is 4.79. The van der Waals surface area contributed by atoms with Gasteiger partial charge in [0.25, 0.3) is 0 Å². The molecule has 0 radical (unpaired) electrons. The predicted molar refractivity (Wildman–Crippen MR) is 142 cm³/mol. The Hall–Kier alpha value is -3.58. The average Bonchev–Trinajstić information content (AvgIpc) is 3.14. The number of nitrogens with one attached hydrogen (secondary N) is 2. The molecule has 1 aromatic carbocycles. The number of anilines is 1. The third kappa shape index (κ3) is 6.10. The lowest BCUT2D eigenvalue weighted by Crippen LogP contribution is -2.43. The Bertz CT molecular complexity index is 1340. The van der Waals surface area contributed by atoms with Crippen LogP contribution in [-0.4, -0.2) is 55.2 Å². The molecule has 12 nitrogen and oxygen atoms in total. The van der Waals surface area contributed by atoms with Crippen LogP contribution in [0.15, 0.2) is 50.9 Å². The Morgan fingerprint density at radius 1 is 1.11 bits per heavy atom. The molecule has 2 atom stereocenters. The van der Waals surface area contributed by atoms with Gasteiger partial charge in [0.1, 0.15) is 6.04 Å². The molecule has 13 heteroatoms. The smallest absolute Gasteiger partial charge is 0.349 e. The Labute approximate surface area is 222 Å². The maximum absolute atomic E-state index is 13.4. The van der Waals surface area contributed by atoms with Gasteiger partial charge in [-0.2, -0.15) is 0 Å². The van der Waals surface area contributed by atoms with Crippen molar-refractivity contribution in [2.75, 3.05) is 17.6 Å². The topological polar surface area (TPSA) is 170 Å². The SMILES string of the molecule is CC(=O)Nc1ccc(SCC(C(=O)O)n2c(=O)n3n(c2=O)C(C(=O)NCC2CCC(N)CC2)C=CC3)cc1. The number of carboxylic acid groups (broad SMARTS) is 1. The van der Waals surface area contributed by atoms with Crippen molar-refractivity contribution < 1.29 is 19.5 Å². The summed E-state index contributed by atoms with van der Waals surface area (Å²) in [5.74, 6) is -1.77.